The van der Waals surface area contributed by atoms with Gasteiger partial charge >= 0.3 is 0 Å². The van der Waals surface area contributed by atoms with Crippen LogP contribution in [-0.2, 0) is 4.74 Å². The van der Waals surface area contributed by atoms with E-state index in [0.29, 0.717) is 0 Å². The largest absolute Gasteiger partial charge is 0.356 e. The lowest BCUT2D eigenvalue weighted by Gasteiger charge is -2.07. The molecule has 1 fully saturated rings. The van der Waals surface area contributed by atoms with Gasteiger partial charge in [-0.25, -0.2) is 0 Å². The summed E-state index contributed by atoms with van der Waals surface area (Å²) < 4.78 is 5.37. The van der Waals surface area contributed by atoms with Crippen LogP contribution in [0.1, 0.15) is 11.9 Å². The Morgan fingerprint density at radius 1 is 1.55 bits per heavy atom. The molecule has 0 aromatic carbocycles. The molecule has 0 bridgehead atoms. The third-order valence-electron chi connectivity index (χ3n) is 1.67. The molecule has 0 saturated carbocycles. The van der Waals surface area contributed by atoms with Gasteiger partial charge in [-0.15, -0.1) is 0 Å². The lowest BCUT2D eigenvalue weighted by atomic mass is 10.3. The van der Waals surface area contributed by atoms with Crippen molar-refractivity contribution in [3.8, 4) is 0 Å². The Bertz CT molecular complexity index is 219. The molecule has 2 rings (SSSR count). The van der Waals surface area contributed by atoms with Gasteiger partial charge in [0.1, 0.15) is 0 Å². The molecule has 3 nitrogen and oxygen atoms in total. The fourth-order valence-electron chi connectivity index (χ4n) is 1.15. The molecule has 1 aromatic rings. The van der Waals surface area contributed by atoms with Crippen molar-refractivity contribution in [2.75, 3.05) is 13.2 Å². The molecule has 0 spiro atoms. The van der Waals surface area contributed by atoms with Crippen LogP contribution >= 0.6 is 0 Å². The first-order valence-corrected chi connectivity index (χ1v) is 3.73. The Balaban J connectivity index is 2.16. The topological polar surface area (TPSA) is 34.1 Å². The van der Waals surface area contributed by atoms with Crippen LogP contribution in [0.4, 0.5) is 0 Å². The van der Waals surface area contributed by atoms with Gasteiger partial charge in [-0.05, 0) is 12.1 Å². The van der Waals surface area contributed by atoms with Crippen LogP contribution in [0.5, 0.6) is 0 Å². The standard InChI is InChI=1S/C8H10N2O/c1-2-4-9-7(3-1)8-10-5-6-11-8/h1-4,8,10H,5-6H2. The minimum absolute atomic E-state index is 0.0104. The number of hydrogen-bond donors (Lipinski definition) is 1. The highest BCUT2D eigenvalue weighted by molar-refractivity contribution is 5.06. The molecule has 11 heavy (non-hydrogen) atoms. The highest BCUT2D eigenvalue weighted by atomic mass is 16.5. The lowest BCUT2D eigenvalue weighted by Crippen LogP contribution is -2.14. The van der Waals surface area contributed by atoms with Gasteiger partial charge in [0, 0.05) is 12.7 Å². The molecule has 58 valence electrons. The zero-order valence-electron chi connectivity index (χ0n) is 6.16. The summed E-state index contributed by atoms with van der Waals surface area (Å²) in [5, 5.41) is 3.19. The second-order valence-corrected chi connectivity index (χ2v) is 2.46. The highest BCUT2D eigenvalue weighted by Crippen LogP contribution is 2.13. The van der Waals surface area contributed by atoms with Crippen molar-refractivity contribution in [1.29, 1.82) is 0 Å². The van der Waals surface area contributed by atoms with E-state index in [1.165, 1.54) is 0 Å². The summed E-state index contributed by atoms with van der Waals surface area (Å²) in [6, 6.07) is 5.83. The van der Waals surface area contributed by atoms with Crippen LogP contribution in [-0.4, -0.2) is 18.1 Å². The first-order chi connectivity index (χ1) is 5.47. The van der Waals surface area contributed by atoms with Gasteiger partial charge in [0.2, 0.25) is 0 Å². The summed E-state index contributed by atoms with van der Waals surface area (Å²) in [5.41, 5.74) is 0.963. The van der Waals surface area contributed by atoms with Crippen molar-refractivity contribution in [3.63, 3.8) is 0 Å². The Hall–Kier alpha value is -0.930. The molecule has 0 radical (unpaired) electrons. The molecule has 1 unspecified atom stereocenters. The molecule has 1 atom stereocenters. The maximum absolute atomic E-state index is 5.37. The van der Waals surface area contributed by atoms with Gasteiger partial charge in [-0.2, -0.15) is 0 Å². The first-order valence-electron chi connectivity index (χ1n) is 3.73. The number of hydrogen-bond acceptors (Lipinski definition) is 3. The van der Waals surface area contributed by atoms with Crippen LogP contribution in [0.15, 0.2) is 24.4 Å². The van der Waals surface area contributed by atoms with Crippen LogP contribution in [0.25, 0.3) is 0 Å². The maximum atomic E-state index is 5.37. The summed E-state index contributed by atoms with van der Waals surface area (Å²) in [4.78, 5) is 4.17. The van der Waals surface area contributed by atoms with Crippen LogP contribution in [0.3, 0.4) is 0 Å². The molecule has 1 aliphatic heterocycles. The van der Waals surface area contributed by atoms with E-state index in [2.05, 4.69) is 10.3 Å². The van der Waals surface area contributed by atoms with Crippen LogP contribution in [0.2, 0.25) is 0 Å². The number of rotatable bonds is 1. The van der Waals surface area contributed by atoms with Crippen LogP contribution in [0, 0.1) is 0 Å². The molecular formula is C8H10N2O. The second kappa shape index (κ2) is 2.98. The first kappa shape index (κ1) is 6.76. The van der Waals surface area contributed by atoms with Crippen LogP contribution < -0.4 is 5.32 Å². The summed E-state index contributed by atoms with van der Waals surface area (Å²) >= 11 is 0. The molecular weight excluding hydrogens is 140 g/mol. The van der Waals surface area contributed by atoms with Crippen molar-refractivity contribution < 1.29 is 4.74 Å². The molecule has 1 aromatic heterocycles. The van der Waals surface area contributed by atoms with E-state index < -0.39 is 0 Å². The Kier molecular flexibility index (Phi) is 1.83. The number of ether oxygens (including phenoxy) is 1. The zero-order valence-corrected chi connectivity index (χ0v) is 6.16. The molecule has 0 aliphatic carbocycles. The maximum Gasteiger partial charge on any atom is 0.151 e. The minimum atomic E-state index is 0.0104. The Labute approximate surface area is 65.4 Å². The number of aromatic nitrogens is 1. The van der Waals surface area contributed by atoms with E-state index in [9.17, 15) is 0 Å². The summed E-state index contributed by atoms with van der Waals surface area (Å²) in [7, 11) is 0. The molecule has 1 aliphatic rings. The monoisotopic (exact) mass is 150 g/mol. The van der Waals surface area contributed by atoms with Gasteiger partial charge in [-0.1, -0.05) is 6.07 Å². The number of nitrogens with zero attached hydrogens (tertiary/aromatic N) is 1. The smallest absolute Gasteiger partial charge is 0.151 e. The van der Waals surface area contributed by atoms with Crippen molar-refractivity contribution in [2.45, 2.75) is 6.23 Å². The Morgan fingerprint density at radius 2 is 2.55 bits per heavy atom. The molecule has 1 saturated heterocycles. The van der Waals surface area contributed by atoms with Gasteiger partial charge in [-0.3, -0.25) is 10.3 Å². The van der Waals surface area contributed by atoms with E-state index >= 15 is 0 Å². The predicted molar refractivity (Wildman–Crippen MR) is 40.9 cm³/mol. The van der Waals surface area contributed by atoms with Crippen molar-refractivity contribution >= 4 is 0 Å². The zero-order chi connectivity index (χ0) is 7.52. The molecule has 2 heterocycles. The van der Waals surface area contributed by atoms with E-state index in [4.69, 9.17) is 4.74 Å². The quantitative estimate of drug-likeness (QED) is 0.640. The third kappa shape index (κ3) is 1.39. The van der Waals surface area contributed by atoms with E-state index in [1.807, 2.05) is 18.2 Å². The lowest BCUT2D eigenvalue weighted by molar-refractivity contribution is 0.0985. The Morgan fingerprint density at radius 3 is 3.18 bits per heavy atom. The number of pyridine rings is 1. The van der Waals surface area contributed by atoms with Gasteiger partial charge in [0.25, 0.3) is 0 Å². The van der Waals surface area contributed by atoms with E-state index in [1.54, 1.807) is 6.20 Å². The fourth-order valence-corrected chi connectivity index (χ4v) is 1.15. The van der Waals surface area contributed by atoms with Gasteiger partial charge in [0.15, 0.2) is 6.23 Å². The average molecular weight is 150 g/mol. The summed E-state index contributed by atoms with van der Waals surface area (Å²) in [6.45, 7) is 1.70. The normalized spacial score (nSPS) is 23.8. The molecule has 3 heteroatoms. The SMILES string of the molecule is c1ccc(C2NCCO2)nc1. The summed E-state index contributed by atoms with van der Waals surface area (Å²) in [6.07, 6.45) is 1.79. The van der Waals surface area contributed by atoms with E-state index in [-0.39, 0.29) is 6.23 Å². The highest BCUT2D eigenvalue weighted by Gasteiger charge is 2.16. The minimum Gasteiger partial charge on any atom is -0.356 e. The van der Waals surface area contributed by atoms with Gasteiger partial charge in [0.05, 0.1) is 12.3 Å². The average Bonchev–Trinajstić information content (AvgIpc) is 2.58. The van der Waals surface area contributed by atoms with E-state index in [0.717, 1.165) is 18.8 Å². The molecule has 1 N–H and O–H groups in total. The number of nitrogens with one attached hydrogen (secondary N) is 1. The van der Waals surface area contributed by atoms with Gasteiger partial charge < -0.3 is 4.74 Å². The van der Waals surface area contributed by atoms with Crippen molar-refractivity contribution in [2.24, 2.45) is 0 Å². The predicted octanol–water partition coefficient (Wildman–Crippen LogP) is 0.700. The third-order valence-corrected chi connectivity index (χ3v) is 1.67. The van der Waals surface area contributed by atoms with Crippen molar-refractivity contribution in [3.05, 3.63) is 30.1 Å². The second-order valence-electron chi connectivity index (χ2n) is 2.46. The molecule has 0 amide bonds. The fraction of sp³-hybridized carbons (Fsp3) is 0.375. The summed E-state index contributed by atoms with van der Waals surface area (Å²) in [5.74, 6) is 0. The van der Waals surface area contributed by atoms with Crippen molar-refractivity contribution in [1.82, 2.24) is 10.3 Å².